The predicted molar refractivity (Wildman–Crippen MR) is 160 cm³/mol. The van der Waals surface area contributed by atoms with Gasteiger partial charge in [0, 0.05) is 12.9 Å². The number of rotatable bonds is 6. The van der Waals surface area contributed by atoms with Crippen LogP contribution in [0, 0.1) is 20.8 Å². The summed E-state index contributed by atoms with van der Waals surface area (Å²) in [7, 11) is -0.203. The second-order valence-corrected chi connectivity index (χ2v) is 12.8. The highest BCUT2D eigenvalue weighted by molar-refractivity contribution is 7.95. The van der Waals surface area contributed by atoms with Crippen LogP contribution >= 0.6 is 7.26 Å². The highest BCUT2D eigenvalue weighted by Crippen LogP contribution is 2.58. The first-order valence-electron chi connectivity index (χ1n) is 12.6. The zero-order chi connectivity index (χ0) is 29.0. The van der Waals surface area contributed by atoms with Crippen LogP contribution in [0.5, 0.6) is 5.75 Å². The van der Waals surface area contributed by atoms with Crippen LogP contribution in [0.3, 0.4) is 0 Å². The number of carbonyl (C=O) groups excluding carboxylic acids is 1. The molecule has 0 spiro atoms. The Hall–Kier alpha value is -3.95. The molecule has 39 heavy (non-hydrogen) atoms. The molecule has 0 aliphatic heterocycles. The largest absolute Gasteiger partial charge is 0.550 e. The Morgan fingerprint density at radius 1 is 0.718 bits per heavy atom. The molecule has 0 saturated carbocycles. The molecule has 0 radical (unpaired) electrons. The van der Waals surface area contributed by atoms with Crippen molar-refractivity contribution in [3.63, 3.8) is 0 Å². The van der Waals surface area contributed by atoms with Crippen molar-refractivity contribution >= 4 is 35.1 Å². The van der Waals surface area contributed by atoms with Gasteiger partial charge in [-0.05, 0) is 98.5 Å². The molecular weight excluding hydrogens is 507 g/mol. The van der Waals surface area contributed by atoms with Crippen molar-refractivity contribution in [1.82, 2.24) is 0 Å². The van der Waals surface area contributed by atoms with E-state index in [1.165, 1.54) is 38.2 Å². The molecule has 0 atom stereocenters. The third kappa shape index (κ3) is 9.38. The fourth-order valence-electron chi connectivity index (χ4n) is 4.36. The van der Waals surface area contributed by atoms with Crippen LogP contribution in [-0.4, -0.2) is 24.2 Å². The van der Waals surface area contributed by atoms with E-state index in [2.05, 4.69) is 112 Å². The number of hydrogen-bond acceptors (Lipinski definition) is 4. The molecule has 0 unspecified atom stereocenters. The van der Waals surface area contributed by atoms with Crippen LogP contribution in [-0.2, 0) is 15.8 Å². The Labute approximate surface area is 232 Å². The maximum absolute atomic E-state index is 9.00. The van der Waals surface area contributed by atoms with Crippen molar-refractivity contribution in [2.45, 2.75) is 40.8 Å². The molecule has 4 aromatic carbocycles. The lowest BCUT2D eigenvalue weighted by Crippen LogP contribution is -2.33. The van der Waals surface area contributed by atoms with E-state index in [4.69, 9.17) is 24.5 Å². The lowest BCUT2D eigenvalue weighted by Gasteiger charge is -2.28. The second kappa shape index (κ2) is 14.8. The number of aryl methyl sites for hydroxylation is 3. The van der Waals surface area contributed by atoms with Gasteiger partial charge in [0.05, 0.1) is 13.3 Å². The van der Waals surface area contributed by atoms with Crippen molar-refractivity contribution in [3.05, 3.63) is 119 Å². The minimum Gasteiger partial charge on any atom is -0.550 e. The number of ether oxygens (including phenoxy) is 1. The van der Waals surface area contributed by atoms with Crippen molar-refractivity contribution in [2.75, 3.05) is 7.11 Å². The van der Waals surface area contributed by atoms with Gasteiger partial charge in [0.2, 0.25) is 0 Å². The first kappa shape index (κ1) is 31.3. The Morgan fingerprint density at radius 2 is 1.08 bits per heavy atom. The second-order valence-electron chi connectivity index (χ2n) is 9.35. The summed E-state index contributed by atoms with van der Waals surface area (Å²) in [4.78, 5) is 17.9. The fourth-order valence-corrected chi connectivity index (χ4v) is 8.84. The number of methoxy groups -OCH3 is 1. The van der Waals surface area contributed by atoms with Crippen LogP contribution in [0.1, 0.15) is 36.1 Å². The van der Waals surface area contributed by atoms with E-state index < -0.39 is 19.2 Å². The molecule has 0 aromatic heterocycles. The SMILES string of the molecule is CC(=O)O.CC(=O)[O-].COc1cccc(C[P+](c2cccc(C)c2)(c2cccc(C)c2)c2cccc(C)c2)c1. The zero-order valence-corrected chi connectivity index (χ0v) is 24.4. The van der Waals surface area contributed by atoms with Crippen molar-refractivity contribution < 1.29 is 24.5 Å². The summed E-state index contributed by atoms with van der Waals surface area (Å²) in [5.41, 5.74) is 5.20. The van der Waals surface area contributed by atoms with Gasteiger partial charge in [0.1, 0.15) is 28.9 Å². The van der Waals surface area contributed by atoms with Gasteiger partial charge >= 0.3 is 0 Å². The molecule has 0 heterocycles. The van der Waals surface area contributed by atoms with Crippen LogP contribution in [0.4, 0.5) is 0 Å². The molecule has 0 fully saturated rings. The summed E-state index contributed by atoms with van der Waals surface area (Å²) in [6, 6.07) is 35.9. The third-order valence-corrected chi connectivity index (χ3v) is 10.2. The maximum atomic E-state index is 9.00. The number of aliphatic carboxylic acids is 2. The summed E-state index contributed by atoms with van der Waals surface area (Å²) < 4.78 is 5.56. The number of carboxylic acids is 2. The molecular formula is C33H37O5P. The molecule has 0 aliphatic rings. The summed E-state index contributed by atoms with van der Waals surface area (Å²) in [6.45, 7) is 8.63. The Bertz CT molecular complexity index is 1270. The van der Waals surface area contributed by atoms with E-state index >= 15 is 0 Å². The molecule has 5 nitrogen and oxygen atoms in total. The Kier molecular flexibility index (Phi) is 11.9. The maximum Gasteiger partial charge on any atom is 0.300 e. The van der Waals surface area contributed by atoms with Gasteiger partial charge in [-0.1, -0.05) is 48.5 Å². The number of carbonyl (C=O) groups is 2. The highest BCUT2D eigenvalue weighted by atomic mass is 31.2. The van der Waals surface area contributed by atoms with E-state index in [1.807, 2.05) is 6.07 Å². The lowest BCUT2D eigenvalue weighted by molar-refractivity contribution is -0.302. The molecule has 204 valence electrons. The van der Waals surface area contributed by atoms with Crippen molar-refractivity contribution in [3.8, 4) is 5.75 Å². The van der Waals surface area contributed by atoms with Gasteiger partial charge in [-0.3, -0.25) is 4.79 Å². The average molecular weight is 545 g/mol. The smallest absolute Gasteiger partial charge is 0.300 e. The van der Waals surface area contributed by atoms with Crippen LogP contribution < -0.4 is 25.8 Å². The van der Waals surface area contributed by atoms with Crippen molar-refractivity contribution in [1.29, 1.82) is 0 Å². The van der Waals surface area contributed by atoms with E-state index in [0.29, 0.717) is 0 Å². The minimum absolute atomic E-state index is 0.833. The molecule has 0 amide bonds. The molecule has 1 N–H and O–H groups in total. The van der Waals surface area contributed by atoms with Gasteiger partial charge < -0.3 is 19.7 Å². The van der Waals surface area contributed by atoms with E-state index in [-0.39, 0.29) is 0 Å². The van der Waals surface area contributed by atoms with Gasteiger partial charge in [-0.15, -0.1) is 0 Å². The first-order chi connectivity index (χ1) is 18.5. The highest BCUT2D eigenvalue weighted by Gasteiger charge is 2.45. The quantitative estimate of drug-likeness (QED) is 0.347. The lowest BCUT2D eigenvalue weighted by atomic mass is 10.2. The van der Waals surface area contributed by atoms with E-state index in [1.54, 1.807) is 7.11 Å². The standard InChI is InChI=1S/C29H30OP.2C2H4O2/c1-22-9-5-14-27(17-22)31(28-15-6-10-23(2)18-28,29-16-7-11-24(3)19-29)21-25-12-8-13-26(20-25)30-4;2*1-2(3)4/h5-20H,21H2,1-4H3;2*1H3,(H,3,4)/q+1;;/p-1. The molecule has 0 aliphatic carbocycles. The predicted octanol–water partition coefficient (Wildman–Crippen LogP) is 4.96. The summed E-state index contributed by atoms with van der Waals surface area (Å²) in [5.74, 6) is -1.01. The monoisotopic (exact) mass is 544 g/mol. The van der Waals surface area contributed by atoms with Crippen molar-refractivity contribution in [2.24, 2.45) is 0 Å². The Morgan fingerprint density at radius 3 is 1.41 bits per heavy atom. The fraction of sp³-hybridized carbons (Fsp3) is 0.212. The van der Waals surface area contributed by atoms with Gasteiger partial charge in [0.15, 0.2) is 0 Å². The summed E-state index contributed by atoms with van der Waals surface area (Å²) in [5, 5.41) is 20.6. The topological polar surface area (TPSA) is 86.7 Å². The average Bonchev–Trinajstić information content (AvgIpc) is 2.87. The summed E-state index contributed by atoms with van der Waals surface area (Å²) >= 11 is 0. The number of hydrogen-bond donors (Lipinski definition) is 1. The molecule has 4 aromatic rings. The molecule has 0 saturated heterocycles. The van der Waals surface area contributed by atoms with E-state index in [9.17, 15) is 0 Å². The Balaban J connectivity index is 0.000000590. The number of carboxylic acid groups (broad SMARTS) is 2. The van der Waals surface area contributed by atoms with Crippen LogP contribution in [0.25, 0.3) is 0 Å². The van der Waals surface area contributed by atoms with Crippen LogP contribution in [0.2, 0.25) is 0 Å². The van der Waals surface area contributed by atoms with Crippen LogP contribution in [0.15, 0.2) is 97.1 Å². The molecule has 0 bridgehead atoms. The molecule has 4 rings (SSSR count). The van der Waals surface area contributed by atoms with E-state index in [0.717, 1.165) is 25.8 Å². The first-order valence-corrected chi connectivity index (χ1v) is 14.5. The van der Waals surface area contributed by atoms with Gasteiger partial charge in [-0.2, -0.15) is 0 Å². The third-order valence-electron chi connectivity index (χ3n) is 5.88. The van der Waals surface area contributed by atoms with Gasteiger partial charge in [0.25, 0.3) is 5.97 Å². The normalized spacial score (nSPS) is 10.3. The van der Waals surface area contributed by atoms with Gasteiger partial charge in [-0.25, -0.2) is 0 Å². The molecule has 6 heteroatoms. The summed E-state index contributed by atoms with van der Waals surface area (Å²) in [6.07, 6.45) is 0.959. The minimum atomic E-state index is -1.94. The zero-order valence-electron chi connectivity index (χ0n) is 23.5. The number of benzene rings is 4.